The summed E-state index contributed by atoms with van der Waals surface area (Å²) >= 11 is 0. The first-order valence-corrected chi connectivity index (χ1v) is 7.46. The van der Waals surface area contributed by atoms with E-state index in [4.69, 9.17) is 4.74 Å². The molecule has 0 saturated heterocycles. The number of carbonyl (C=O) groups excluding carboxylic acids is 1. The molecule has 0 radical (unpaired) electrons. The highest BCUT2D eigenvalue weighted by atomic mass is 16.5. The summed E-state index contributed by atoms with van der Waals surface area (Å²) < 4.78 is 5.53. The van der Waals surface area contributed by atoms with Crippen LogP contribution in [-0.4, -0.2) is 27.1 Å². The fraction of sp³-hybridized carbons (Fsp3) is 0.375. The Morgan fingerprint density at radius 3 is 2.64 bits per heavy atom. The molecule has 2 heterocycles. The van der Waals surface area contributed by atoms with Gasteiger partial charge in [-0.15, -0.1) is 10.2 Å². The van der Waals surface area contributed by atoms with Gasteiger partial charge in [0.1, 0.15) is 5.75 Å². The van der Waals surface area contributed by atoms with Gasteiger partial charge in [-0.1, -0.05) is 12.8 Å². The van der Waals surface area contributed by atoms with Crippen molar-refractivity contribution in [3.8, 4) is 11.6 Å². The van der Waals surface area contributed by atoms with Crippen LogP contribution in [0.25, 0.3) is 0 Å². The summed E-state index contributed by atoms with van der Waals surface area (Å²) in [5, 5.41) is 10.8. The van der Waals surface area contributed by atoms with E-state index in [9.17, 15) is 4.79 Å². The van der Waals surface area contributed by atoms with Gasteiger partial charge in [0.2, 0.25) is 5.88 Å². The molecule has 1 saturated carbocycles. The maximum Gasteiger partial charge on any atom is 0.272 e. The first-order valence-electron chi connectivity index (χ1n) is 7.46. The Hall–Kier alpha value is -2.50. The summed E-state index contributed by atoms with van der Waals surface area (Å²) in [6.45, 7) is 1.90. The number of rotatable bonds is 4. The highest BCUT2D eigenvalue weighted by molar-refractivity contribution is 5.92. The topological polar surface area (TPSA) is 77.0 Å². The average Bonchev–Trinajstić information content (AvgIpc) is 3.03. The summed E-state index contributed by atoms with van der Waals surface area (Å²) in [6.07, 6.45) is 6.06. The number of nitrogens with zero attached hydrogens (tertiary/aromatic N) is 3. The lowest BCUT2D eigenvalue weighted by molar-refractivity contribution is 0.0931. The number of amides is 1. The smallest absolute Gasteiger partial charge is 0.272 e. The van der Waals surface area contributed by atoms with Crippen molar-refractivity contribution in [1.82, 2.24) is 20.5 Å². The fourth-order valence-electron chi connectivity index (χ4n) is 2.46. The third kappa shape index (κ3) is 3.58. The van der Waals surface area contributed by atoms with Crippen molar-refractivity contribution in [3.63, 3.8) is 0 Å². The van der Waals surface area contributed by atoms with Gasteiger partial charge in [0.05, 0.1) is 6.20 Å². The van der Waals surface area contributed by atoms with Gasteiger partial charge >= 0.3 is 0 Å². The van der Waals surface area contributed by atoms with E-state index in [-0.39, 0.29) is 11.9 Å². The lowest BCUT2D eigenvalue weighted by Gasteiger charge is -2.11. The maximum atomic E-state index is 12.0. The van der Waals surface area contributed by atoms with Gasteiger partial charge in [0.15, 0.2) is 5.69 Å². The van der Waals surface area contributed by atoms with E-state index < -0.39 is 0 Å². The Labute approximate surface area is 128 Å². The predicted octanol–water partition coefficient (Wildman–Crippen LogP) is 2.64. The van der Waals surface area contributed by atoms with Crippen LogP contribution in [0.15, 0.2) is 30.5 Å². The third-order valence-corrected chi connectivity index (χ3v) is 3.67. The molecule has 6 heteroatoms. The monoisotopic (exact) mass is 298 g/mol. The number of hydrogen-bond donors (Lipinski definition) is 1. The normalized spacial score (nSPS) is 14.8. The third-order valence-electron chi connectivity index (χ3n) is 3.67. The van der Waals surface area contributed by atoms with Crippen molar-refractivity contribution in [2.45, 2.75) is 38.6 Å². The molecule has 0 aliphatic heterocycles. The zero-order valence-corrected chi connectivity index (χ0v) is 12.5. The van der Waals surface area contributed by atoms with Crippen LogP contribution < -0.4 is 10.1 Å². The van der Waals surface area contributed by atoms with Crippen LogP contribution in [0.5, 0.6) is 11.6 Å². The fourth-order valence-corrected chi connectivity index (χ4v) is 2.46. The average molecular weight is 298 g/mol. The Bertz CT molecular complexity index is 634. The van der Waals surface area contributed by atoms with Crippen molar-refractivity contribution < 1.29 is 9.53 Å². The number of nitrogens with one attached hydrogen (secondary N) is 1. The lowest BCUT2D eigenvalue weighted by Crippen LogP contribution is -2.33. The zero-order chi connectivity index (χ0) is 15.4. The molecular formula is C16H18N4O2. The van der Waals surface area contributed by atoms with E-state index in [1.54, 1.807) is 18.3 Å². The summed E-state index contributed by atoms with van der Waals surface area (Å²) in [5.74, 6) is 0.745. The van der Waals surface area contributed by atoms with Gasteiger partial charge in [-0.05, 0) is 38.0 Å². The first-order chi connectivity index (χ1) is 10.7. The highest BCUT2D eigenvalue weighted by Gasteiger charge is 2.18. The summed E-state index contributed by atoms with van der Waals surface area (Å²) in [6, 6.07) is 7.19. The summed E-state index contributed by atoms with van der Waals surface area (Å²) in [4.78, 5) is 16.2. The van der Waals surface area contributed by atoms with E-state index in [1.165, 1.54) is 12.8 Å². The molecule has 1 fully saturated rings. The molecule has 22 heavy (non-hydrogen) atoms. The lowest BCUT2D eigenvalue weighted by atomic mass is 10.2. The quantitative estimate of drug-likeness (QED) is 0.939. The molecule has 114 valence electrons. The second kappa shape index (κ2) is 6.51. The van der Waals surface area contributed by atoms with Crippen LogP contribution in [0.2, 0.25) is 0 Å². The zero-order valence-electron chi connectivity index (χ0n) is 12.5. The van der Waals surface area contributed by atoms with Crippen LogP contribution >= 0.6 is 0 Å². The van der Waals surface area contributed by atoms with Gasteiger partial charge in [-0.3, -0.25) is 9.78 Å². The van der Waals surface area contributed by atoms with Crippen molar-refractivity contribution in [2.24, 2.45) is 0 Å². The molecule has 0 aromatic carbocycles. The molecule has 6 nitrogen and oxygen atoms in total. The Morgan fingerprint density at radius 1 is 1.18 bits per heavy atom. The maximum absolute atomic E-state index is 12.0. The number of pyridine rings is 1. The van der Waals surface area contributed by atoms with E-state index in [0.29, 0.717) is 17.3 Å². The second-order valence-corrected chi connectivity index (χ2v) is 5.45. The van der Waals surface area contributed by atoms with Gasteiger partial charge in [-0.2, -0.15) is 0 Å². The van der Waals surface area contributed by atoms with Crippen LogP contribution in [0, 0.1) is 6.92 Å². The predicted molar refractivity (Wildman–Crippen MR) is 80.8 cm³/mol. The molecule has 1 aliphatic rings. The summed E-state index contributed by atoms with van der Waals surface area (Å²) in [5.41, 5.74) is 1.22. The van der Waals surface area contributed by atoms with Crippen molar-refractivity contribution in [3.05, 3.63) is 41.9 Å². The van der Waals surface area contributed by atoms with Crippen LogP contribution in [0.3, 0.4) is 0 Å². The van der Waals surface area contributed by atoms with E-state index in [2.05, 4.69) is 20.5 Å². The molecule has 1 N–H and O–H groups in total. The van der Waals surface area contributed by atoms with Crippen LogP contribution in [-0.2, 0) is 0 Å². The minimum Gasteiger partial charge on any atom is -0.436 e. The molecule has 3 rings (SSSR count). The molecule has 0 atom stereocenters. The van der Waals surface area contributed by atoms with Crippen LogP contribution in [0.4, 0.5) is 0 Å². The number of aromatic nitrogens is 3. The number of aryl methyl sites for hydroxylation is 1. The molecule has 0 spiro atoms. The molecule has 2 aromatic heterocycles. The molecule has 1 aliphatic carbocycles. The van der Waals surface area contributed by atoms with Crippen molar-refractivity contribution >= 4 is 5.91 Å². The molecule has 1 amide bonds. The van der Waals surface area contributed by atoms with Gasteiger partial charge in [0.25, 0.3) is 5.91 Å². The highest BCUT2D eigenvalue weighted by Crippen LogP contribution is 2.19. The van der Waals surface area contributed by atoms with Gasteiger partial charge in [-0.25, -0.2) is 0 Å². The minimum atomic E-state index is -0.178. The minimum absolute atomic E-state index is 0.178. The number of ether oxygens (including phenoxy) is 1. The van der Waals surface area contributed by atoms with Crippen molar-refractivity contribution in [2.75, 3.05) is 0 Å². The van der Waals surface area contributed by atoms with Gasteiger partial charge in [0, 0.05) is 17.8 Å². The SMILES string of the molecule is Cc1ccc(Oc2ccc(C(=O)NC3CCCC3)nn2)cn1. The standard InChI is InChI=1S/C16H18N4O2/c1-11-6-7-13(10-17-11)22-15-9-8-14(19-20-15)16(21)18-12-4-2-3-5-12/h6-10,12H,2-5H2,1H3,(H,18,21). The molecule has 2 aromatic rings. The number of carbonyl (C=O) groups is 1. The van der Waals surface area contributed by atoms with Gasteiger partial charge < -0.3 is 10.1 Å². The molecule has 0 bridgehead atoms. The van der Waals surface area contributed by atoms with E-state index >= 15 is 0 Å². The first kappa shape index (κ1) is 14.4. The molecule has 0 unspecified atom stereocenters. The van der Waals surface area contributed by atoms with Crippen molar-refractivity contribution in [1.29, 1.82) is 0 Å². The summed E-state index contributed by atoms with van der Waals surface area (Å²) in [7, 11) is 0. The van der Waals surface area contributed by atoms with E-state index in [0.717, 1.165) is 18.5 Å². The Morgan fingerprint density at radius 2 is 2.00 bits per heavy atom. The van der Waals surface area contributed by atoms with E-state index in [1.807, 2.05) is 19.1 Å². The number of hydrogen-bond acceptors (Lipinski definition) is 5. The Kier molecular flexibility index (Phi) is 4.27. The molecular weight excluding hydrogens is 280 g/mol. The largest absolute Gasteiger partial charge is 0.436 e. The second-order valence-electron chi connectivity index (χ2n) is 5.45. The Balaban J connectivity index is 1.61. The van der Waals surface area contributed by atoms with Crippen LogP contribution in [0.1, 0.15) is 41.9 Å².